The normalized spacial score (nSPS) is 15.2. The Morgan fingerprint density at radius 1 is 0.786 bits per heavy atom. The fraction of sp³-hybridized carbons (Fsp3) is 0.350. The number of benzene rings is 2. The average Bonchev–Trinajstić information content (AvgIpc) is 3.22. The van der Waals surface area contributed by atoms with Crippen molar-refractivity contribution in [2.24, 2.45) is 0 Å². The van der Waals surface area contributed by atoms with Crippen LogP contribution in [0.2, 0.25) is 10.0 Å². The number of fused-ring (bicyclic) bond motifs is 1. The number of carbonyl (C=O) groups is 2. The molecule has 7 rings (SSSR count). The largest absolute Gasteiger partial charge is 0.495 e. The number of amides is 2. The molecule has 0 aliphatic carbocycles. The molecule has 0 unspecified atom stereocenters. The third-order valence-corrected chi connectivity index (χ3v) is 10.7. The summed E-state index contributed by atoms with van der Waals surface area (Å²) in [4.78, 5) is 51.7. The summed E-state index contributed by atoms with van der Waals surface area (Å²) in [5, 5.41) is 3.48. The first-order valence-electron chi connectivity index (χ1n) is 18.3. The maximum Gasteiger partial charge on any atom is 0.259 e. The molecular formula is C40H46Cl2N10O4. The van der Waals surface area contributed by atoms with Crippen LogP contribution in [0.1, 0.15) is 33.2 Å². The molecule has 14 nitrogen and oxygen atoms in total. The molecule has 2 fully saturated rings. The Labute approximate surface area is 336 Å². The van der Waals surface area contributed by atoms with Crippen molar-refractivity contribution >= 4 is 57.7 Å². The molecule has 2 saturated heterocycles. The number of pyridine rings is 2. The minimum atomic E-state index is -0.353. The fourth-order valence-corrected chi connectivity index (χ4v) is 7.29. The van der Waals surface area contributed by atoms with Crippen LogP contribution in [0.4, 0.5) is 11.6 Å². The average molecular weight is 802 g/mol. The molecule has 2 aromatic carbocycles. The van der Waals surface area contributed by atoms with Gasteiger partial charge < -0.3 is 35.2 Å². The molecule has 16 heteroatoms. The van der Waals surface area contributed by atoms with Crippen LogP contribution in [0.3, 0.4) is 0 Å². The summed E-state index contributed by atoms with van der Waals surface area (Å²) in [5.74, 6) is 1.38. The van der Waals surface area contributed by atoms with E-state index in [1.807, 2.05) is 23.2 Å². The monoisotopic (exact) mass is 800 g/mol. The Balaban J connectivity index is 0.000000277. The van der Waals surface area contributed by atoms with E-state index in [0.717, 1.165) is 71.0 Å². The van der Waals surface area contributed by atoms with Gasteiger partial charge in [0.25, 0.3) is 11.8 Å². The number of halogens is 2. The van der Waals surface area contributed by atoms with E-state index in [0.29, 0.717) is 66.5 Å². The molecular weight excluding hydrogens is 755 g/mol. The van der Waals surface area contributed by atoms with Gasteiger partial charge in [-0.1, -0.05) is 42.3 Å². The summed E-state index contributed by atoms with van der Waals surface area (Å²) >= 11 is 13.3. The number of carbonyl (C=O) groups excluding carboxylic acids is 2. The van der Waals surface area contributed by atoms with Crippen molar-refractivity contribution < 1.29 is 19.1 Å². The van der Waals surface area contributed by atoms with E-state index in [1.165, 1.54) is 26.6 Å². The molecule has 0 spiro atoms. The Hall–Kier alpha value is -5.12. The number of nitrogens with one attached hydrogen (secondary N) is 1. The fourth-order valence-electron chi connectivity index (χ4n) is 6.59. The smallest absolute Gasteiger partial charge is 0.259 e. The lowest BCUT2D eigenvalue weighted by Gasteiger charge is -2.33. The number of piperazine rings is 2. The number of nitrogens with two attached hydrogens (primary N) is 1. The van der Waals surface area contributed by atoms with Crippen molar-refractivity contribution in [1.29, 1.82) is 0 Å². The summed E-state index contributed by atoms with van der Waals surface area (Å²) in [6.07, 6.45) is 6.43. The van der Waals surface area contributed by atoms with E-state index in [9.17, 15) is 9.59 Å². The lowest BCUT2D eigenvalue weighted by Crippen LogP contribution is -2.47. The molecule has 0 radical (unpaired) electrons. The molecule has 5 aromatic rings. The molecule has 56 heavy (non-hydrogen) atoms. The van der Waals surface area contributed by atoms with Gasteiger partial charge in [0.1, 0.15) is 28.7 Å². The molecule has 2 amide bonds. The van der Waals surface area contributed by atoms with Crippen molar-refractivity contribution in [1.82, 2.24) is 39.5 Å². The molecule has 0 saturated carbocycles. The molecule has 3 N–H and O–H groups in total. The van der Waals surface area contributed by atoms with Crippen LogP contribution >= 0.6 is 23.2 Å². The number of hydrogen-bond donors (Lipinski definition) is 2. The van der Waals surface area contributed by atoms with Crippen LogP contribution in [0, 0.1) is 0 Å². The standard InChI is InChI=1S/C29H30Cl2N6O3.C11H16N4O/c1-4-36-11-13-37(14-12-36)17-18-5-8-23(34-16-18)35-29(38)20-7-6-19(27-28(20)33-10-9-32-27)24-25(30)21(39-2)15-22(40-3)26(24)31;1-14-4-6-15(7-5-14)11(16)9-2-3-10(12)13-8-9/h5-10,15-16H,4,11-14,17H2,1-3H3,(H,34,35,38);2-3,8H,4-7H2,1H3,(H2,12,13). The predicted octanol–water partition coefficient (Wildman–Crippen LogP) is 5.46. The molecule has 294 valence electrons. The number of nitrogen functional groups attached to an aromatic ring is 1. The molecule has 2 aliphatic heterocycles. The van der Waals surface area contributed by atoms with Gasteiger partial charge in [-0.3, -0.25) is 24.5 Å². The number of ether oxygens (including phenoxy) is 2. The molecule has 3 aromatic heterocycles. The van der Waals surface area contributed by atoms with Crippen molar-refractivity contribution in [2.45, 2.75) is 13.5 Å². The predicted molar refractivity (Wildman–Crippen MR) is 220 cm³/mol. The van der Waals surface area contributed by atoms with Crippen LogP contribution < -0.4 is 20.5 Å². The maximum atomic E-state index is 13.3. The van der Waals surface area contributed by atoms with Crippen LogP contribution in [0.5, 0.6) is 11.5 Å². The Kier molecular flexibility index (Phi) is 13.5. The number of nitrogens with zero attached hydrogens (tertiary/aromatic N) is 8. The first-order valence-corrected chi connectivity index (χ1v) is 19.1. The van der Waals surface area contributed by atoms with Gasteiger partial charge in [0.15, 0.2) is 0 Å². The second-order valence-corrected chi connectivity index (χ2v) is 14.2. The third kappa shape index (κ3) is 9.45. The van der Waals surface area contributed by atoms with Gasteiger partial charge >= 0.3 is 0 Å². The summed E-state index contributed by atoms with van der Waals surface area (Å²) < 4.78 is 10.8. The Morgan fingerprint density at radius 2 is 1.45 bits per heavy atom. The summed E-state index contributed by atoms with van der Waals surface area (Å²) in [6, 6.07) is 12.2. The zero-order valence-electron chi connectivity index (χ0n) is 32.0. The highest BCUT2D eigenvalue weighted by molar-refractivity contribution is 6.41. The highest BCUT2D eigenvalue weighted by Gasteiger charge is 2.24. The van der Waals surface area contributed by atoms with E-state index in [4.69, 9.17) is 38.4 Å². The first-order chi connectivity index (χ1) is 27.1. The number of aromatic nitrogens is 4. The van der Waals surface area contributed by atoms with Gasteiger partial charge in [0.2, 0.25) is 0 Å². The topological polar surface area (TPSA) is 155 Å². The van der Waals surface area contributed by atoms with E-state index in [2.05, 4.69) is 53.9 Å². The van der Waals surface area contributed by atoms with Crippen molar-refractivity contribution in [2.75, 3.05) is 91.2 Å². The Bertz CT molecular complexity index is 2110. The molecule has 5 heterocycles. The number of rotatable bonds is 9. The van der Waals surface area contributed by atoms with E-state index < -0.39 is 0 Å². The van der Waals surface area contributed by atoms with Crippen molar-refractivity contribution in [3.63, 3.8) is 0 Å². The maximum absolute atomic E-state index is 13.3. The highest BCUT2D eigenvalue weighted by atomic mass is 35.5. The molecule has 2 aliphatic rings. The van der Waals surface area contributed by atoms with E-state index in [1.54, 1.807) is 36.5 Å². The van der Waals surface area contributed by atoms with Gasteiger partial charge in [-0.25, -0.2) is 9.97 Å². The van der Waals surface area contributed by atoms with Gasteiger partial charge in [0.05, 0.1) is 40.9 Å². The Morgan fingerprint density at radius 3 is 2.04 bits per heavy atom. The first kappa shape index (κ1) is 40.5. The van der Waals surface area contributed by atoms with Gasteiger partial charge in [-0.15, -0.1) is 0 Å². The number of hydrogen-bond acceptors (Lipinski definition) is 12. The summed E-state index contributed by atoms with van der Waals surface area (Å²) in [7, 11) is 5.09. The zero-order valence-corrected chi connectivity index (χ0v) is 33.5. The number of methoxy groups -OCH3 is 2. The lowest BCUT2D eigenvalue weighted by molar-refractivity contribution is 0.0663. The van der Waals surface area contributed by atoms with Crippen LogP contribution in [0.25, 0.3) is 22.2 Å². The van der Waals surface area contributed by atoms with Crippen LogP contribution in [0.15, 0.2) is 67.3 Å². The van der Waals surface area contributed by atoms with Gasteiger partial charge in [-0.2, -0.15) is 0 Å². The number of anilines is 2. The highest BCUT2D eigenvalue weighted by Crippen LogP contribution is 2.47. The van der Waals surface area contributed by atoms with Gasteiger partial charge in [0, 0.05) is 101 Å². The third-order valence-electron chi connectivity index (χ3n) is 9.92. The lowest BCUT2D eigenvalue weighted by atomic mass is 9.99. The molecule has 0 atom stereocenters. The minimum absolute atomic E-state index is 0.0422. The van der Waals surface area contributed by atoms with Crippen molar-refractivity contribution in [3.8, 4) is 22.6 Å². The second-order valence-electron chi connectivity index (χ2n) is 13.5. The van der Waals surface area contributed by atoms with E-state index >= 15 is 0 Å². The summed E-state index contributed by atoms with van der Waals surface area (Å²) in [5.41, 5.74) is 9.46. The molecule has 0 bridgehead atoms. The van der Waals surface area contributed by atoms with Crippen molar-refractivity contribution in [3.05, 3.63) is 94.0 Å². The van der Waals surface area contributed by atoms with Crippen LogP contribution in [-0.4, -0.2) is 132 Å². The minimum Gasteiger partial charge on any atom is -0.495 e. The quantitative estimate of drug-likeness (QED) is 0.195. The zero-order chi connectivity index (χ0) is 39.8. The SMILES string of the molecule is CCN1CCN(Cc2ccc(NC(=O)c3ccc(-c4c(Cl)c(OC)cc(OC)c4Cl)c4nccnc34)nc2)CC1.CN1CCN(C(=O)c2ccc(N)nc2)CC1. The van der Waals surface area contributed by atoms with E-state index in [-0.39, 0.29) is 11.8 Å². The summed E-state index contributed by atoms with van der Waals surface area (Å²) in [6.45, 7) is 11.8. The number of likely N-dealkylation sites (N-methyl/N-ethyl adjacent to an activating group) is 2. The van der Waals surface area contributed by atoms with Crippen LogP contribution in [-0.2, 0) is 6.54 Å². The second kappa shape index (κ2) is 18.7. The van der Waals surface area contributed by atoms with Gasteiger partial charge in [-0.05, 0) is 43.4 Å².